The number of aryl methyl sites for hydroxylation is 1. The molecule has 0 saturated heterocycles. The number of halogens is 2. The topological polar surface area (TPSA) is 86.1 Å². The standard InChI is InChI=1S/C17H14F2N4O3/c1-23-14-7-10(17(25)26-2)13(6-9(14)8-20-23)22-16(24)12-5-3-4-11(21-12)15(18)19/h3-8,15H,1-2H3,(H,22,24). The molecule has 0 radical (unpaired) electrons. The molecule has 3 aromatic rings. The average molecular weight is 360 g/mol. The van der Waals surface area contributed by atoms with Crippen molar-refractivity contribution in [1.29, 1.82) is 0 Å². The van der Waals surface area contributed by atoms with E-state index in [0.717, 1.165) is 6.07 Å². The fourth-order valence-corrected chi connectivity index (χ4v) is 2.47. The molecule has 1 aromatic carbocycles. The van der Waals surface area contributed by atoms with Gasteiger partial charge in [-0.1, -0.05) is 6.07 Å². The van der Waals surface area contributed by atoms with Gasteiger partial charge in [-0.2, -0.15) is 5.10 Å². The van der Waals surface area contributed by atoms with Crippen molar-refractivity contribution in [2.75, 3.05) is 12.4 Å². The second-order valence-electron chi connectivity index (χ2n) is 5.42. The molecule has 0 aliphatic rings. The van der Waals surface area contributed by atoms with Gasteiger partial charge in [0.05, 0.1) is 30.1 Å². The Labute approximate surface area is 146 Å². The summed E-state index contributed by atoms with van der Waals surface area (Å²) in [6, 6.07) is 6.84. The van der Waals surface area contributed by atoms with Crippen LogP contribution in [0.1, 0.15) is 33.0 Å². The van der Waals surface area contributed by atoms with Gasteiger partial charge < -0.3 is 10.1 Å². The number of amides is 1. The number of carbonyl (C=O) groups is 2. The molecule has 0 aliphatic heterocycles. The first-order chi connectivity index (χ1) is 12.4. The van der Waals surface area contributed by atoms with E-state index in [4.69, 9.17) is 4.74 Å². The number of aromatic nitrogens is 3. The molecule has 0 unspecified atom stereocenters. The number of pyridine rings is 1. The lowest BCUT2D eigenvalue weighted by atomic mass is 10.1. The number of alkyl halides is 2. The van der Waals surface area contributed by atoms with Gasteiger partial charge in [0, 0.05) is 12.4 Å². The highest BCUT2D eigenvalue weighted by Crippen LogP contribution is 2.25. The zero-order chi connectivity index (χ0) is 18.8. The van der Waals surface area contributed by atoms with Crippen LogP contribution >= 0.6 is 0 Å². The molecule has 0 spiro atoms. The van der Waals surface area contributed by atoms with E-state index in [-0.39, 0.29) is 16.9 Å². The number of carbonyl (C=O) groups excluding carboxylic acids is 2. The highest BCUT2D eigenvalue weighted by atomic mass is 19.3. The second kappa shape index (κ2) is 6.87. The highest BCUT2D eigenvalue weighted by Gasteiger charge is 2.19. The minimum absolute atomic E-state index is 0.113. The third kappa shape index (κ3) is 3.23. The van der Waals surface area contributed by atoms with Gasteiger partial charge in [-0.25, -0.2) is 18.6 Å². The molecule has 1 amide bonds. The first kappa shape index (κ1) is 17.5. The summed E-state index contributed by atoms with van der Waals surface area (Å²) >= 11 is 0. The Morgan fingerprint density at radius 1 is 1.27 bits per heavy atom. The van der Waals surface area contributed by atoms with Crippen LogP contribution in [-0.4, -0.2) is 33.8 Å². The Morgan fingerprint density at radius 3 is 2.73 bits per heavy atom. The number of hydrogen-bond acceptors (Lipinski definition) is 5. The van der Waals surface area contributed by atoms with Crippen LogP contribution in [0.4, 0.5) is 14.5 Å². The number of benzene rings is 1. The molecule has 26 heavy (non-hydrogen) atoms. The van der Waals surface area contributed by atoms with Crippen LogP contribution in [-0.2, 0) is 11.8 Å². The van der Waals surface area contributed by atoms with Gasteiger partial charge >= 0.3 is 5.97 Å². The molecular weight excluding hydrogens is 346 g/mol. The summed E-state index contributed by atoms with van der Waals surface area (Å²) in [6.07, 6.45) is -1.22. The minimum Gasteiger partial charge on any atom is -0.465 e. The van der Waals surface area contributed by atoms with Crippen LogP contribution in [0.15, 0.2) is 36.5 Å². The van der Waals surface area contributed by atoms with Gasteiger partial charge in [0.1, 0.15) is 11.4 Å². The maximum atomic E-state index is 12.8. The van der Waals surface area contributed by atoms with E-state index in [0.29, 0.717) is 10.9 Å². The number of esters is 1. The van der Waals surface area contributed by atoms with E-state index in [9.17, 15) is 18.4 Å². The number of ether oxygens (including phenoxy) is 1. The van der Waals surface area contributed by atoms with Crippen molar-refractivity contribution < 1.29 is 23.1 Å². The van der Waals surface area contributed by atoms with Gasteiger partial charge in [0.25, 0.3) is 12.3 Å². The average Bonchev–Trinajstić information content (AvgIpc) is 3.00. The molecule has 2 aromatic heterocycles. The van der Waals surface area contributed by atoms with E-state index in [1.807, 2.05) is 0 Å². The SMILES string of the molecule is COC(=O)c1cc2c(cnn2C)cc1NC(=O)c1cccc(C(F)F)n1. The van der Waals surface area contributed by atoms with Crippen molar-refractivity contribution in [3.05, 3.63) is 53.5 Å². The summed E-state index contributed by atoms with van der Waals surface area (Å²) in [5, 5.41) is 7.30. The lowest BCUT2D eigenvalue weighted by Gasteiger charge is -2.11. The van der Waals surface area contributed by atoms with Crippen molar-refractivity contribution in [1.82, 2.24) is 14.8 Å². The van der Waals surface area contributed by atoms with Crippen molar-refractivity contribution in [2.24, 2.45) is 7.05 Å². The van der Waals surface area contributed by atoms with Crippen LogP contribution in [0.5, 0.6) is 0 Å². The first-order valence-corrected chi connectivity index (χ1v) is 7.51. The van der Waals surface area contributed by atoms with E-state index in [1.54, 1.807) is 24.0 Å². The summed E-state index contributed by atoms with van der Waals surface area (Å²) in [4.78, 5) is 28.1. The summed E-state index contributed by atoms with van der Waals surface area (Å²) in [5.41, 5.74) is 0.258. The lowest BCUT2D eigenvalue weighted by Crippen LogP contribution is -2.17. The number of hydrogen-bond donors (Lipinski definition) is 1. The summed E-state index contributed by atoms with van der Waals surface area (Å²) in [5.74, 6) is -1.38. The Bertz CT molecular complexity index is 1000. The number of methoxy groups -OCH3 is 1. The van der Waals surface area contributed by atoms with E-state index in [1.165, 1.54) is 25.3 Å². The minimum atomic E-state index is -2.79. The van der Waals surface area contributed by atoms with Crippen LogP contribution in [0.2, 0.25) is 0 Å². The van der Waals surface area contributed by atoms with Crippen molar-refractivity contribution >= 4 is 28.5 Å². The number of rotatable bonds is 4. The Morgan fingerprint density at radius 2 is 2.04 bits per heavy atom. The largest absolute Gasteiger partial charge is 0.465 e. The molecule has 0 bridgehead atoms. The van der Waals surface area contributed by atoms with Crippen molar-refractivity contribution in [3.63, 3.8) is 0 Å². The molecule has 134 valence electrons. The van der Waals surface area contributed by atoms with Crippen LogP contribution < -0.4 is 5.32 Å². The molecular formula is C17H14F2N4O3. The van der Waals surface area contributed by atoms with Gasteiger partial charge in [-0.05, 0) is 24.3 Å². The predicted octanol–water partition coefficient (Wildman–Crippen LogP) is 2.94. The van der Waals surface area contributed by atoms with Crippen LogP contribution in [0.3, 0.4) is 0 Å². The molecule has 0 atom stereocenters. The maximum Gasteiger partial charge on any atom is 0.340 e. The number of fused-ring (bicyclic) bond motifs is 1. The third-order valence-corrected chi connectivity index (χ3v) is 3.77. The molecule has 9 heteroatoms. The fraction of sp³-hybridized carbons (Fsp3) is 0.176. The third-order valence-electron chi connectivity index (χ3n) is 3.77. The lowest BCUT2D eigenvalue weighted by molar-refractivity contribution is 0.0602. The van der Waals surface area contributed by atoms with Gasteiger partial charge in [-0.15, -0.1) is 0 Å². The smallest absolute Gasteiger partial charge is 0.340 e. The van der Waals surface area contributed by atoms with Crippen LogP contribution in [0.25, 0.3) is 10.9 Å². The van der Waals surface area contributed by atoms with Crippen molar-refractivity contribution in [3.8, 4) is 0 Å². The van der Waals surface area contributed by atoms with E-state index in [2.05, 4.69) is 15.4 Å². The highest BCUT2D eigenvalue weighted by molar-refractivity contribution is 6.09. The Balaban J connectivity index is 2.00. The monoisotopic (exact) mass is 360 g/mol. The van der Waals surface area contributed by atoms with E-state index >= 15 is 0 Å². The second-order valence-corrected chi connectivity index (χ2v) is 5.42. The summed E-state index contributed by atoms with van der Waals surface area (Å²) in [7, 11) is 2.93. The van der Waals surface area contributed by atoms with Gasteiger partial charge in [-0.3, -0.25) is 9.48 Å². The molecule has 2 heterocycles. The number of anilines is 1. The normalized spacial score (nSPS) is 11.0. The van der Waals surface area contributed by atoms with E-state index < -0.39 is 24.0 Å². The van der Waals surface area contributed by atoms with Gasteiger partial charge in [0.2, 0.25) is 0 Å². The van der Waals surface area contributed by atoms with Crippen LogP contribution in [0, 0.1) is 0 Å². The maximum absolute atomic E-state index is 12.8. The Hall–Kier alpha value is -3.36. The first-order valence-electron chi connectivity index (χ1n) is 7.51. The zero-order valence-corrected chi connectivity index (χ0v) is 13.9. The fourth-order valence-electron chi connectivity index (χ4n) is 2.47. The summed E-state index contributed by atoms with van der Waals surface area (Å²) < 4.78 is 31.8. The number of nitrogens with zero attached hydrogens (tertiary/aromatic N) is 3. The summed E-state index contributed by atoms with van der Waals surface area (Å²) in [6.45, 7) is 0. The predicted molar refractivity (Wildman–Crippen MR) is 89.2 cm³/mol. The molecule has 7 nitrogen and oxygen atoms in total. The van der Waals surface area contributed by atoms with Crippen molar-refractivity contribution in [2.45, 2.75) is 6.43 Å². The molecule has 1 N–H and O–H groups in total. The molecule has 0 fully saturated rings. The van der Waals surface area contributed by atoms with Gasteiger partial charge in [0.15, 0.2) is 0 Å². The number of nitrogens with one attached hydrogen (secondary N) is 1. The zero-order valence-electron chi connectivity index (χ0n) is 13.9. The molecule has 0 saturated carbocycles. The quantitative estimate of drug-likeness (QED) is 0.723. The Kier molecular flexibility index (Phi) is 4.61. The molecule has 0 aliphatic carbocycles. The molecule has 3 rings (SSSR count).